The molecule has 1 fully saturated rings. The second kappa shape index (κ2) is 5.12. The Morgan fingerprint density at radius 3 is 3.00 bits per heavy atom. The monoisotopic (exact) mass is 222 g/mol. The molecule has 5 heteroatoms. The molecule has 88 valence electrons. The first-order valence-corrected chi connectivity index (χ1v) is 5.72. The topological polar surface area (TPSA) is 73.1 Å². The maximum Gasteiger partial charge on any atom is 0.218 e. The minimum absolute atomic E-state index is 0.399. The van der Waals surface area contributed by atoms with Crippen LogP contribution in [-0.4, -0.2) is 29.2 Å². The summed E-state index contributed by atoms with van der Waals surface area (Å²) < 4.78 is 5.30. The van der Waals surface area contributed by atoms with Crippen LogP contribution in [-0.2, 0) is 0 Å². The van der Waals surface area contributed by atoms with Crippen LogP contribution < -0.4 is 15.8 Å². The van der Waals surface area contributed by atoms with Gasteiger partial charge in [0, 0.05) is 18.7 Å². The summed E-state index contributed by atoms with van der Waals surface area (Å²) >= 11 is 0. The molecule has 16 heavy (non-hydrogen) atoms. The van der Waals surface area contributed by atoms with E-state index >= 15 is 0 Å². The van der Waals surface area contributed by atoms with Gasteiger partial charge in [-0.15, -0.1) is 0 Å². The molecule has 3 N–H and O–H groups in total. The van der Waals surface area contributed by atoms with Crippen LogP contribution in [0.5, 0.6) is 5.88 Å². The smallest absolute Gasteiger partial charge is 0.218 e. The van der Waals surface area contributed by atoms with Crippen molar-refractivity contribution in [2.45, 2.75) is 25.8 Å². The van der Waals surface area contributed by atoms with Gasteiger partial charge in [0.2, 0.25) is 5.88 Å². The van der Waals surface area contributed by atoms with Gasteiger partial charge in [-0.3, -0.25) is 0 Å². The number of nitrogens with zero attached hydrogens (tertiary/aromatic N) is 2. The highest BCUT2D eigenvalue weighted by atomic mass is 16.5. The lowest BCUT2D eigenvalue weighted by molar-refractivity contribution is 0.279. The van der Waals surface area contributed by atoms with Gasteiger partial charge in [-0.05, 0) is 25.7 Å². The van der Waals surface area contributed by atoms with E-state index in [-0.39, 0.29) is 0 Å². The molecule has 1 aromatic rings. The minimum Gasteiger partial charge on any atom is -0.478 e. The second-order valence-corrected chi connectivity index (χ2v) is 4.15. The lowest BCUT2D eigenvalue weighted by Gasteiger charge is -2.32. The molecule has 1 aliphatic rings. The molecule has 0 bridgehead atoms. The average molecular weight is 222 g/mol. The normalized spacial score (nSPS) is 23.6. The molecule has 2 rings (SSSR count). The lowest BCUT2D eigenvalue weighted by Crippen LogP contribution is -2.39. The summed E-state index contributed by atoms with van der Waals surface area (Å²) in [5, 5.41) is 3.28. The molecule has 0 radical (unpaired) electrons. The lowest BCUT2D eigenvalue weighted by atomic mass is 9.81. The van der Waals surface area contributed by atoms with E-state index in [2.05, 4.69) is 15.3 Å². The fourth-order valence-electron chi connectivity index (χ4n) is 1.87. The van der Waals surface area contributed by atoms with Crippen molar-refractivity contribution in [3.63, 3.8) is 0 Å². The van der Waals surface area contributed by atoms with Crippen LogP contribution in [0.25, 0.3) is 0 Å². The average Bonchev–Trinajstić information content (AvgIpc) is 2.24. The molecule has 0 unspecified atom stereocenters. The Morgan fingerprint density at radius 2 is 2.31 bits per heavy atom. The quantitative estimate of drug-likeness (QED) is 0.778. The number of anilines is 1. The third kappa shape index (κ3) is 2.82. The fourth-order valence-corrected chi connectivity index (χ4v) is 1.87. The van der Waals surface area contributed by atoms with Crippen LogP contribution in [0.1, 0.15) is 19.8 Å². The van der Waals surface area contributed by atoms with Crippen molar-refractivity contribution in [1.82, 2.24) is 9.97 Å². The first-order chi connectivity index (χ1) is 7.78. The number of hydrogen-bond donors (Lipinski definition) is 2. The van der Waals surface area contributed by atoms with E-state index in [9.17, 15) is 0 Å². The Bertz CT molecular complexity index is 339. The predicted molar refractivity (Wildman–Crippen MR) is 62.4 cm³/mol. The summed E-state index contributed by atoms with van der Waals surface area (Å²) in [5.41, 5.74) is 5.73. The van der Waals surface area contributed by atoms with Crippen molar-refractivity contribution in [1.29, 1.82) is 0 Å². The summed E-state index contributed by atoms with van der Waals surface area (Å²) in [4.78, 5) is 8.15. The number of ether oxygens (including phenoxy) is 1. The Kier molecular flexibility index (Phi) is 3.56. The van der Waals surface area contributed by atoms with E-state index in [1.165, 1.54) is 6.33 Å². The summed E-state index contributed by atoms with van der Waals surface area (Å²) in [7, 11) is 0. The molecule has 0 atom stereocenters. The highest BCUT2D eigenvalue weighted by Crippen LogP contribution is 2.25. The third-order valence-corrected chi connectivity index (χ3v) is 2.78. The largest absolute Gasteiger partial charge is 0.478 e. The van der Waals surface area contributed by atoms with Crippen molar-refractivity contribution < 1.29 is 4.74 Å². The number of nitrogens with one attached hydrogen (secondary N) is 1. The number of rotatable bonds is 5. The SMILES string of the molecule is CCOc1cc(NCC2CC(N)C2)ncn1. The first-order valence-electron chi connectivity index (χ1n) is 5.72. The zero-order valence-corrected chi connectivity index (χ0v) is 9.52. The van der Waals surface area contributed by atoms with E-state index in [0.717, 1.165) is 25.2 Å². The Labute approximate surface area is 95.4 Å². The predicted octanol–water partition coefficient (Wildman–Crippen LogP) is 1.02. The number of hydrogen-bond acceptors (Lipinski definition) is 5. The summed E-state index contributed by atoms with van der Waals surface area (Å²) in [6.07, 6.45) is 3.73. The van der Waals surface area contributed by atoms with Gasteiger partial charge in [-0.2, -0.15) is 0 Å². The van der Waals surface area contributed by atoms with E-state index in [4.69, 9.17) is 10.5 Å². The molecule has 0 aromatic carbocycles. The molecular weight excluding hydrogens is 204 g/mol. The zero-order chi connectivity index (χ0) is 11.4. The molecule has 1 heterocycles. The van der Waals surface area contributed by atoms with Gasteiger partial charge in [-0.25, -0.2) is 9.97 Å². The van der Waals surface area contributed by atoms with Gasteiger partial charge >= 0.3 is 0 Å². The van der Waals surface area contributed by atoms with Crippen molar-refractivity contribution >= 4 is 5.82 Å². The van der Waals surface area contributed by atoms with Crippen LogP contribution in [0.4, 0.5) is 5.82 Å². The van der Waals surface area contributed by atoms with E-state index < -0.39 is 0 Å². The van der Waals surface area contributed by atoms with Crippen LogP contribution in [0.3, 0.4) is 0 Å². The van der Waals surface area contributed by atoms with Gasteiger partial charge in [-0.1, -0.05) is 0 Å². The van der Waals surface area contributed by atoms with Crippen molar-refractivity contribution in [2.24, 2.45) is 11.7 Å². The highest BCUT2D eigenvalue weighted by molar-refractivity contribution is 5.37. The standard InChI is InChI=1S/C11H18N4O/c1-2-16-11-5-10(14-7-15-11)13-6-8-3-9(12)4-8/h5,7-9H,2-4,6,12H2,1H3,(H,13,14,15). The number of aromatic nitrogens is 2. The Balaban J connectivity index is 1.81. The zero-order valence-electron chi connectivity index (χ0n) is 9.52. The van der Waals surface area contributed by atoms with Crippen LogP contribution in [0.15, 0.2) is 12.4 Å². The summed E-state index contributed by atoms with van der Waals surface area (Å²) in [6.45, 7) is 3.48. The van der Waals surface area contributed by atoms with Gasteiger partial charge < -0.3 is 15.8 Å². The van der Waals surface area contributed by atoms with Gasteiger partial charge in [0.15, 0.2) is 0 Å². The molecule has 0 amide bonds. The van der Waals surface area contributed by atoms with Gasteiger partial charge in [0.05, 0.1) is 6.61 Å². The Morgan fingerprint density at radius 1 is 1.50 bits per heavy atom. The first kappa shape index (κ1) is 11.1. The second-order valence-electron chi connectivity index (χ2n) is 4.15. The summed E-state index contributed by atoms with van der Waals surface area (Å²) in [5.74, 6) is 2.12. The van der Waals surface area contributed by atoms with Crippen LogP contribution in [0.2, 0.25) is 0 Å². The fraction of sp³-hybridized carbons (Fsp3) is 0.636. The van der Waals surface area contributed by atoms with Gasteiger partial charge in [0.1, 0.15) is 12.1 Å². The van der Waals surface area contributed by atoms with Gasteiger partial charge in [0.25, 0.3) is 0 Å². The molecule has 5 nitrogen and oxygen atoms in total. The maximum absolute atomic E-state index is 5.73. The molecule has 0 spiro atoms. The summed E-state index contributed by atoms with van der Waals surface area (Å²) in [6, 6.07) is 2.22. The van der Waals surface area contributed by atoms with Crippen molar-refractivity contribution in [3.05, 3.63) is 12.4 Å². The van der Waals surface area contributed by atoms with E-state index in [0.29, 0.717) is 24.4 Å². The van der Waals surface area contributed by atoms with Crippen LogP contribution in [0, 0.1) is 5.92 Å². The van der Waals surface area contributed by atoms with E-state index in [1.54, 1.807) is 0 Å². The molecule has 0 saturated heterocycles. The molecule has 1 aliphatic carbocycles. The van der Waals surface area contributed by atoms with Crippen molar-refractivity contribution in [2.75, 3.05) is 18.5 Å². The Hall–Kier alpha value is -1.36. The molecular formula is C11H18N4O. The third-order valence-electron chi connectivity index (χ3n) is 2.78. The van der Waals surface area contributed by atoms with Crippen molar-refractivity contribution in [3.8, 4) is 5.88 Å². The minimum atomic E-state index is 0.399. The van der Waals surface area contributed by atoms with E-state index in [1.807, 2.05) is 13.0 Å². The molecule has 1 saturated carbocycles. The maximum atomic E-state index is 5.73. The molecule has 0 aliphatic heterocycles. The van der Waals surface area contributed by atoms with Crippen LogP contribution >= 0.6 is 0 Å². The number of nitrogens with two attached hydrogens (primary N) is 1. The highest BCUT2D eigenvalue weighted by Gasteiger charge is 2.25. The molecule has 1 aromatic heterocycles.